The highest BCUT2D eigenvalue weighted by molar-refractivity contribution is 5.91. The summed E-state index contributed by atoms with van der Waals surface area (Å²) in [7, 11) is 4.02. The van der Waals surface area contributed by atoms with Crippen LogP contribution in [0.25, 0.3) is 0 Å². The highest BCUT2D eigenvalue weighted by atomic mass is 16.6. The lowest BCUT2D eigenvalue weighted by atomic mass is 10.0. The summed E-state index contributed by atoms with van der Waals surface area (Å²) >= 11 is 0. The second-order valence-electron chi connectivity index (χ2n) is 5.04. The molecule has 0 unspecified atom stereocenters. The number of hydrogen-bond donors (Lipinski definition) is 1. The molecule has 0 spiro atoms. The molecule has 19 heavy (non-hydrogen) atoms. The standard InChI is InChI=1S/C14H24N2O3/c1-6-18-13-8-7-12(19-13)14(17)15-9-11(10(2)3)16(4)5/h7-8,10-11H,6,9H2,1-5H3,(H,15,17)/t11-/m1/s1. The lowest BCUT2D eigenvalue weighted by Gasteiger charge is -2.27. The van der Waals surface area contributed by atoms with Crippen LogP contribution in [-0.4, -0.2) is 44.1 Å². The minimum absolute atomic E-state index is 0.210. The van der Waals surface area contributed by atoms with Gasteiger partial charge in [0.15, 0.2) is 5.76 Å². The minimum atomic E-state index is -0.210. The molecule has 1 rings (SSSR count). The molecule has 1 heterocycles. The summed E-state index contributed by atoms with van der Waals surface area (Å²) in [6, 6.07) is 3.58. The maximum atomic E-state index is 11.9. The third-order valence-corrected chi connectivity index (χ3v) is 3.00. The van der Waals surface area contributed by atoms with E-state index in [9.17, 15) is 4.79 Å². The Hall–Kier alpha value is -1.49. The van der Waals surface area contributed by atoms with Gasteiger partial charge in [-0.25, -0.2) is 0 Å². The smallest absolute Gasteiger partial charge is 0.287 e. The normalized spacial score (nSPS) is 12.8. The molecule has 0 aliphatic carbocycles. The van der Waals surface area contributed by atoms with E-state index >= 15 is 0 Å². The number of furan rings is 1. The number of rotatable bonds is 7. The zero-order chi connectivity index (χ0) is 14.4. The zero-order valence-electron chi connectivity index (χ0n) is 12.4. The lowest BCUT2D eigenvalue weighted by Crippen LogP contribution is -2.43. The molecule has 0 saturated heterocycles. The third-order valence-electron chi connectivity index (χ3n) is 3.00. The fourth-order valence-electron chi connectivity index (χ4n) is 1.96. The molecule has 0 aliphatic heterocycles. The molecule has 0 aromatic carbocycles. The summed E-state index contributed by atoms with van der Waals surface area (Å²) in [6.45, 7) is 7.25. The van der Waals surface area contributed by atoms with Gasteiger partial charge in [-0.15, -0.1) is 0 Å². The first-order valence-electron chi connectivity index (χ1n) is 6.63. The van der Waals surface area contributed by atoms with E-state index < -0.39 is 0 Å². The van der Waals surface area contributed by atoms with Gasteiger partial charge in [0.1, 0.15) is 0 Å². The molecule has 0 saturated carbocycles. The molecule has 0 fully saturated rings. The number of likely N-dealkylation sites (N-methyl/N-ethyl adjacent to an activating group) is 1. The molecule has 5 nitrogen and oxygen atoms in total. The quantitative estimate of drug-likeness (QED) is 0.821. The highest BCUT2D eigenvalue weighted by Gasteiger charge is 2.18. The van der Waals surface area contributed by atoms with Crippen molar-refractivity contribution in [1.29, 1.82) is 0 Å². The Morgan fingerprint density at radius 3 is 2.63 bits per heavy atom. The molecular formula is C14H24N2O3. The van der Waals surface area contributed by atoms with E-state index in [1.54, 1.807) is 12.1 Å². The summed E-state index contributed by atoms with van der Waals surface area (Å²) in [5, 5.41) is 2.89. The molecular weight excluding hydrogens is 244 g/mol. The summed E-state index contributed by atoms with van der Waals surface area (Å²) in [5.74, 6) is 0.912. The van der Waals surface area contributed by atoms with Crippen LogP contribution in [0.5, 0.6) is 5.95 Å². The van der Waals surface area contributed by atoms with Crippen molar-refractivity contribution >= 4 is 5.91 Å². The third kappa shape index (κ3) is 4.59. The van der Waals surface area contributed by atoms with Crippen LogP contribution in [0.15, 0.2) is 16.5 Å². The topological polar surface area (TPSA) is 54.7 Å². The fourth-order valence-corrected chi connectivity index (χ4v) is 1.96. The van der Waals surface area contributed by atoms with Crippen LogP contribution in [0.2, 0.25) is 0 Å². The molecule has 1 atom stereocenters. The number of nitrogens with one attached hydrogen (secondary N) is 1. The SMILES string of the molecule is CCOc1ccc(C(=O)NC[C@H](C(C)C)N(C)C)o1. The molecule has 1 amide bonds. The second kappa shape index (κ2) is 7.19. The molecule has 1 aromatic rings. The Balaban J connectivity index is 2.54. The molecule has 1 aromatic heterocycles. The van der Waals surface area contributed by atoms with E-state index in [1.807, 2.05) is 21.0 Å². The van der Waals surface area contributed by atoms with Gasteiger partial charge >= 0.3 is 0 Å². The molecule has 1 N–H and O–H groups in total. The van der Waals surface area contributed by atoms with Crippen molar-refractivity contribution in [2.24, 2.45) is 5.92 Å². The van der Waals surface area contributed by atoms with Crippen molar-refractivity contribution in [3.63, 3.8) is 0 Å². The fraction of sp³-hybridized carbons (Fsp3) is 0.643. The van der Waals surface area contributed by atoms with Gasteiger partial charge in [0.05, 0.1) is 6.61 Å². The van der Waals surface area contributed by atoms with E-state index in [1.165, 1.54) is 0 Å². The van der Waals surface area contributed by atoms with Crippen molar-refractivity contribution in [2.75, 3.05) is 27.2 Å². The van der Waals surface area contributed by atoms with Gasteiger partial charge in [-0.1, -0.05) is 13.8 Å². The van der Waals surface area contributed by atoms with Crippen molar-refractivity contribution in [3.8, 4) is 5.95 Å². The first kappa shape index (κ1) is 15.6. The second-order valence-corrected chi connectivity index (χ2v) is 5.04. The molecule has 0 bridgehead atoms. The Labute approximate surface area is 114 Å². The Morgan fingerprint density at radius 2 is 2.11 bits per heavy atom. The maximum absolute atomic E-state index is 11.9. The number of nitrogens with zero attached hydrogens (tertiary/aromatic N) is 1. The van der Waals surface area contributed by atoms with Crippen LogP contribution in [0.4, 0.5) is 0 Å². The first-order chi connectivity index (χ1) is 8.95. The summed E-state index contributed by atoms with van der Waals surface area (Å²) in [6.07, 6.45) is 0. The number of carbonyl (C=O) groups is 1. The first-order valence-corrected chi connectivity index (χ1v) is 6.63. The monoisotopic (exact) mass is 268 g/mol. The average Bonchev–Trinajstić information content (AvgIpc) is 2.77. The lowest BCUT2D eigenvalue weighted by molar-refractivity contribution is 0.0898. The van der Waals surface area contributed by atoms with Crippen molar-refractivity contribution < 1.29 is 13.9 Å². The van der Waals surface area contributed by atoms with Crippen molar-refractivity contribution in [3.05, 3.63) is 17.9 Å². The number of carbonyl (C=O) groups excluding carboxylic acids is 1. The highest BCUT2D eigenvalue weighted by Crippen LogP contribution is 2.15. The van der Waals surface area contributed by atoms with Gasteiger partial charge in [0, 0.05) is 18.7 Å². The maximum Gasteiger partial charge on any atom is 0.287 e. The molecule has 0 aliphatic rings. The van der Waals surface area contributed by atoms with Crippen LogP contribution in [0.3, 0.4) is 0 Å². The van der Waals surface area contributed by atoms with E-state index in [0.29, 0.717) is 31.1 Å². The van der Waals surface area contributed by atoms with Gasteiger partial charge in [-0.3, -0.25) is 4.79 Å². The number of ether oxygens (including phenoxy) is 1. The van der Waals surface area contributed by atoms with Crippen LogP contribution in [-0.2, 0) is 0 Å². The van der Waals surface area contributed by atoms with Crippen LogP contribution in [0.1, 0.15) is 31.3 Å². The van der Waals surface area contributed by atoms with Crippen LogP contribution in [0, 0.1) is 5.92 Å². The molecule has 108 valence electrons. The van der Waals surface area contributed by atoms with E-state index in [4.69, 9.17) is 9.15 Å². The summed E-state index contributed by atoms with van der Waals surface area (Å²) in [5.41, 5.74) is 0. The van der Waals surface area contributed by atoms with Crippen molar-refractivity contribution in [2.45, 2.75) is 26.8 Å². The van der Waals surface area contributed by atoms with E-state index in [2.05, 4.69) is 24.1 Å². The largest absolute Gasteiger partial charge is 0.465 e. The van der Waals surface area contributed by atoms with Gasteiger partial charge in [-0.2, -0.15) is 0 Å². The predicted molar refractivity (Wildman–Crippen MR) is 74.5 cm³/mol. The number of amides is 1. The van der Waals surface area contributed by atoms with Crippen LogP contribution >= 0.6 is 0 Å². The van der Waals surface area contributed by atoms with Gasteiger partial charge < -0.3 is 19.4 Å². The Bertz CT molecular complexity index is 391. The van der Waals surface area contributed by atoms with E-state index in [0.717, 1.165) is 0 Å². The van der Waals surface area contributed by atoms with E-state index in [-0.39, 0.29) is 11.7 Å². The van der Waals surface area contributed by atoms with Crippen molar-refractivity contribution in [1.82, 2.24) is 10.2 Å². The average molecular weight is 268 g/mol. The summed E-state index contributed by atoms with van der Waals surface area (Å²) < 4.78 is 10.5. The van der Waals surface area contributed by atoms with Crippen LogP contribution < -0.4 is 10.1 Å². The predicted octanol–water partition coefficient (Wildman–Crippen LogP) is 1.99. The van der Waals surface area contributed by atoms with Gasteiger partial charge in [-0.05, 0) is 33.0 Å². The Kier molecular flexibility index (Phi) is 5.89. The zero-order valence-corrected chi connectivity index (χ0v) is 12.4. The van der Waals surface area contributed by atoms with Gasteiger partial charge in [0.25, 0.3) is 11.9 Å². The number of hydrogen-bond acceptors (Lipinski definition) is 4. The van der Waals surface area contributed by atoms with Gasteiger partial charge in [0.2, 0.25) is 0 Å². The molecule has 0 radical (unpaired) electrons. The summed E-state index contributed by atoms with van der Waals surface area (Å²) in [4.78, 5) is 14.0. The minimum Gasteiger partial charge on any atom is -0.465 e. The molecule has 5 heteroatoms. The Morgan fingerprint density at radius 1 is 1.42 bits per heavy atom.